The lowest BCUT2D eigenvalue weighted by Gasteiger charge is -2.04. The van der Waals surface area contributed by atoms with Crippen LogP contribution in [0.5, 0.6) is 0 Å². The fraction of sp³-hybridized carbons (Fsp3) is 0.133. The van der Waals surface area contributed by atoms with Crippen molar-refractivity contribution in [2.24, 2.45) is 0 Å². The summed E-state index contributed by atoms with van der Waals surface area (Å²) in [7, 11) is 0. The molecule has 0 bridgehead atoms. The van der Waals surface area contributed by atoms with Crippen molar-refractivity contribution >= 4 is 23.3 Å². The van der Waals surface area contributed by atoms with E-state index in [4.69, 9.17) is 11.6 Å². The van der Waals surface area contributed by atoms with Crippen molar-refractivity contribution in [2.75, 3.05) is 5.32 Å². The summed E-state index contributed by atoms with van der Waals surface area (Å²) in [4.78, 5) is 11.9. The van der Waals surface area contributed by atoms with Crippen LogP contribution >= 0.6 is 11.6 Å². The van der Waals surface area contributed by atoms with Gasteiger partial charge < -0.3 is 5.32 Å². The van der Waals surface area contributed by atoms with Crippen LogP contribution in [0, 0.1) is 5.82 Å². The summed E-state index contributed by atoms with van der Waals surface area (Å²) in [5.41, 5.74) is -0.941. The predicted molar refractivity (Wildman–Crippen MR) is 84.3 cm³/mol. The quantitative estimate of drug-likeness (QED) is 0.670. The summed E-state index contributed by atoms with van der Waals surface area (Å²) in [6.45, 7) is 0.218. The molecule has 2 aromatic heterocycles. The number of carbonyl (C=O) groups excluding carboxylic acids is 1. The molecule has 0 aliphatic heterocycles. The first-order valence-corrected chi connectivity index (χ1v) is 7.51. The summed E-state index contributed by atoms with van der Waals surface area (Å²) in [6, 6.07) is 5.97. The van der Waals surface area contributed by atoms with Crippen molar-refractivity contribution in [1.82, 2.24) is 20.0 Å². The molecule has 6 nitrogen and oxygen atoms in total. The van der Waals surface area contributed by atoms with Crippen LogP contribution in [0.3, 0.4) is 0 Å². The Labute approximate surface area is 148 Å². The number of halogens is 5. The first-order valence-electron chi connectivity index (χ1n) is 7.14. The van der Waals surface area contributed by atoms with Gasteiger partial charge in [-0.05, 0) is 17.7 Å². The van der Waals surface area contributed by atoms with Crippen molar-refractivity contribution in [3.05, 3.63) is 64.3 Å². The van der Waals surface area contributed by atoms with Crippen LogP contribution in [0.2, 0.25) is 5.02 Å². The van der Waals surface area contributed by atoms with Crippen LogP contribution < -0.4 is 5.32 Å². The number of H-pyrrole nitrogens is 1. The number of carbonyl (C=O) groups is 1. The average Bonchev–Trinajstić information content (AvgIpc) is 3.19. The van der Waals surface area contributed by atoms with Gasteiger partial charge >= 0.3 is 6.18 Å². The van der Waals surface area contributed by atoms with Gasteiger partial charge in [-0.2, -0.15) is 23.4 Å². The van der Waals surface area contributed by atoms with E-state index < -0.39 is 29.3 Å². The van der Waals surface area contributed by atoms with E-state index in [1.807, 2.05) is 0 Å². The van der Waals surface area contributed by atoms with Gasteiger partial charge in [-0.1, -0.05) is 17.7 Å². The topological polar surface area (TPSA) is 75.6 Å². The number of nitrogens with zero attached hydrogens (tertiary/aromatic N) is 3. The Balaban J connectivity index is 1.68. The Morgan fingerprint density at radius 2 is 2.04 bits per heavy atom. The van der Waals surface area contributed by atoms with Crippen LogP contribution in [0.1, 0.15) is 21.7 Å². The summed E-state index contributed by atoms with van der Waals surface area (Å²) in [5.74, 6) is -1.20. The highest BCUT2D eigenvalue weighted by Crippen LogP contribution is 2.27. The fourth-order valence-electron chi connectivity index (χ4n) is 2.10. The van der Waals surface area contributed by atoms with E-state index in [9.17, 15) is 22.4 Å². The lowest BCUT2D eigenvalue weighted by molar-refractivity contribution is -0.141. The van der Waals surface area contributed by atoms with Gasteiger partial charge in [0.15, 0.2) is 11.5 Å². The minimum Gasteiger partial charge on any atom is -0.304 e. The third kappa shape index (κ3) is 4.02. The summed E-state index contributed by atoms with van der Waals surface area (Å²) in [5, 5.41) is 11.7. The molecule has 3 aromatic rings. The molecule has 0 aliphatic carbocycles. The number of benzene rings is 1. The van der Waals surface area contributed by atoms with Gasteiger partial charge in [0, 0.05) is 23.4 Å². The zero-order valence-electron chi connectivity index (χ0n) is 12.8. The van der Waals surface area contributed by atoms with E-state index >= 15 is 0 Å². The molecule has 0 unspecified atom stereocenters. The molecule has 3 rings (SSSR count). The molecule has 2 N–H and O–H groups in total. The van der Waals surface area contributed by atoms with Gasteiger partial charge in [0.1, 0.15) is 11.5 Å². The maximum atomic E-state index is 13.0. The molecule has 0 atom stereocenters. The zero-order valence-corrected chi connectivity index (χ0v) is 13.6. The lowest BCUT2D eigenvalue weighted by Crippen LogP contribution is -2.13. The third-order valence-corrected chi connectivity index (χ3v) is 3.70. The standard InChI is InChI=1S/C15H10ClF4N5O/c16-10-5-9(17)2-1-8(10)7-25-4-3-13(24-25)21-14(26)11-6-12(23-22-11)15(18,19)20/h1-6H,7H2,(H,22,23)(H,21,24,26). The highest BCUT2D eigenvalue weighted by molar-refractivity contribution is 6.31. The number of aromatic amines is 1. The van der Waals surface area contributed by atoms with Crippen molar-refractivity contribution in [2.45, 2.75) is 12.7 Å². The number of anilines is 1. The van der Waals surface area contributed by atoms with Crippen molar-refractivity contribution < 1.29 is 22.4 Å². The maximum Gasteiger partial charge on any atom is 0.432 e. The van der Waals surface area contributed by atoms with Gasteiger partial charge in [-0.3, -0.25) is 14.6 Å². The first-order chi connectivity index (χ1) is 12.2. The van der Waals surface area contributed by atoms with E-state index in [0.717, 1.165) is 0 Å². The summed E-state index contributed by atoms with van der Waals surface area (Å²) < 4.78 is 52.0. The minimum atomic E-state index is -4.62. The molecule has 11 heteroatoms. The maximum absolute atomic E-state index is 13.0. The van der Waals surface area contributed by atoms with Gasteiger partial charge in [-0.25, -0.2) is 4.39 Å². The molecule has 1 amide bonds. The number of alkyl halides is 3. The molecule has 0 aliphatic rings. The van der Waals surface area contributed by atoms with E-state index in [2.05, 4.69) is 15.5 Å². The van der Waals surface area contributed by atoms with Crippen LogP contribution in [-0.4, -0.2) is 25.9 Å². The Kier molecular flexibility index (Phi) is 4.68. The minimum absolute atomic E-state index is 0.116. The van der Waals surface area contributed by atoms with Crippen LogP contribution in [0.4, 0.5) is 23.4 Å². The average molecular weight is 388 g/mol. The van der Waals surface area contributed by atoms with Crippen molar-refractivity contribution in [3.63, 3.8) is 0 Å². The van der Waals surface area contributed by atoms with Crippen LogP contribution in [0.15, 0.2) is 36.5 Å². The van der Waals surface area contributed by atoms with Gasteiger partial charge in [0.05, 0.1) is 6.54 Å². The largest absolute Gasteiger partial charge is 0.432 e. The monoisotopic (exact) mass is 387 g/mol. The molecule has 1 aromatic carbocycles. The van der Waals surface area contributed by atoms with E-state index in [1.165, 1.54) is 35.1 Å². The highest BCUT2D eigenvalue weighted by Gasteiger charge is 2.33. The smallest absolute Gasteiger partial charge is 0.304 e. The molecule has 0 spiro atoms. The summed E-state index contributed by atoms with van der Waals surface area (Å²) >= 11 is 5.94. The normalized spacial score (nSPS) is 11.6. The second-order valence-electron chi connectivity index (χ2n) is 5.25. The molecule has 26 heavy (non-hydrogen) atoms. The molecular weight excluding hydrogens is 378 g/mol. The molecule has 0 saturated heterocycles. The molecule has 2 heterocycles. The van der Waals surface area contributed by atoms with Gasteiger partial charge in [-0.15, -0.1) is 0 Å². The van der Waals surface area contributed by atoms with E-state index in [1.54, 1.807) is 5.10 Å². The second kappa shape index (κ2) is 6.79. The SMILES string of the molecule is O=C(Nc1ccn(Cc2ccc(F)cc2Cl)n1)c1cc(C(F)(F)F)[nH]n1. The van der Waals surface area contributed by atoms with Gasteiger partial charge in [0.2, 0.25) is 0 Å². The van der Waals surface area contributed by atoms with Gasteiger partial charge in [0.25, 0.3) is 5.91 Å². The number of nitrogens with one attached hydrogen (secondary N) is 2. The zero-order chi connectivity index (χ0) is 18.9. The van der Waals surface area contributed by atoms with Crippen molar-refractivity contribution in [1.29, 1.82) is 0 Å². The molecule has 0 radical (unpaired) electrons. The van der Waals surface area contributed by atoms with Crippen LogP contribution in [0.25, 0.3) is 0 Å². The number of hydrogen-bond acceptors (Lipinski definition) is 3. The number of rotatable bonds is 4. The lowest BCUT2D eigenvalue weighted by atomic mass is 10.2. The first kappa shape index (κ1) is 17.9. The van der Waals surface area contributed by atoms with Crippen LogP contribution in [-0.2, 0) is 12.7 Å². The Morgan fingerprint density at radius 3 is 2.69 bits per heavy atom. The third-order valence-electron chi connectivity index (χ3n) is 3.35. The Hall–Kier alpha value is -2.88. The van der Waals surface area contributed by atoms with E-state index in [-0.39, 0.29) is 17.4 Å². The fourth-order valence-corrected chi connectivity index (χ4v) is 2.33. The number of aromatic nitrogens is 4. The second-order valence-corrected chi connectivity index (χ2v) is 5.66. The molecular formula is C15H10ClF4N5O. The molecule has 0 fully saturated rings. The number of hydrogen-bond donors (Lipinski definition) is 2. The Bertz CT molecular complexity index is 950. The Morgan fingerprint density at radius 1 is 1.27 bits per heavy atom. The predicted octanol–water partition coefficient (Wildman–Crippen LogP) is 3.72. The molecule has 136 valence electrons. The summed E-state index contributed by atoms with van der Waals surface area (Å²) in [6.07, 6.45) is -3.09. The highest BCUT2D eigenvalue weighted by atomic mass is 35.5. The van der Waals surface area contributed by atoms with E-state index in [0.29, 0.717) is 11.6 Å². The number of amides is 1. The van der Waals surface area contributed by atoms with Crippen molar-refractivity contribution in [3.8, 4) is 0 Å². The molecule has 0 saturated carbocycles.